The third kappa shape index (κ3) is 6.03. The maximum Gasteiger partial charge on any atom is 0.180 e. The van der Waals surface area contributed by atoms with Crippen molar-refractivity contribution in [1.29, 1.82) is 0 Å². The predicted molar refractivity (Wildman–Crippen MR) is 76.4 cm³/mol. The number of hydrogen-bond donors (Lipinski definition) is 2. The summed E-state index contributed by atoms with van der Waals surface area (Å²) in [5.74, 6) is 0. The Bertz CT molecular complexity index is 350. The van der Waals surface area contributed by atoms with E-state index >= 15 is 0 Å². The summed E-state index contributed by atoms with van der Waals surface area (Å²) in [5, 5.41) is 6.29. The number of nitrogen functional groups attached to an aromatic ring is 1. The van der Waals surface area contributed by atoms with Crippen molar-refractivity contribution in [2.24, 2.45) is 5.41 Å². The van der Waals surface area contributed by atoms with Crippen molar-refractivity contribution in [3.05, 3.63) is 11.1 Å². The Morgan fingerprint density at radius 3 is 2.41 bits per heavy atom. The fraction of sp³-hybridized carbons (Fsp3) is 0.769. The van der Waals surface area contributed by atoms with Gasteiger partial charge in [0.05, 0.1) is 5.69 Å². The van der Waals surface area contributed by atoms with Crippen LogP contribution in [0.2, 0.25) is 0 Å². The van der Waals surface area contributed by atoms with Gasteiger partial charge in [-0.05, 0) is 25.7 Å². The molecule has 1 aromatic rings. The van der Waals surface area contributed by atoms with Gasteiger partial charge in [0.1, 0.15) is 0 Å². The van der Waals surface area contributed by atoms with E-state index in [1.54, 1.807) is 0 Å². The van der Waals surface area contributed by atoms with Gasteiger partial charge < -0.3 is 11.1 Å². The van der Waals surface area contributed by atoms with Crippen LogP contribution >= 0.6 is 11.3 Å². The Morgan fingerprint density at radius 1 is 1.29 bits per heavy atom. The molecule has 0 fully saturated rings. The summed E-state index contributed by atoms with van der Waals surface area (Å²) in [6.45, 7) is 12.3. The number of aromatic nitrogens is 1. The molecular weight excluding hydrogens is 230 g/mol. The van der Waals surface area contributed by atoms with Crippen molar-refractivity contribution >= 4 is 16.5 Å². The lowest BCUT2D eigenvalue weighted by Gasteiger charge is -2.33. The van der Waals surface area contributed by atoms with Crippen LogP contribution in [-0.4, -0.2) is 17.1 Å². The van der Waals surface area contributed by atoms with Crippen molar-refractivity contribution < 1.29 is 0 Å². The highest BCUT2D eigenvalue weighted by molar-refractivity contribution is 7.13. The molecule has 1 heterocycles. The molecule has 0 saturated carbocycles. The van der Waals surface area contributed by atoms with Crippen LogP contribution in [-0.2, 0) is 6.42 Å². The van der Waals surface area contributed by atoms with Crippen LogP contribution in [0.5, 0.6) is 0 Å². The molecule has 0 aromatic carbocycles. The first kappa shape index (κ1) is 14.5. The van der Waals surface area contributed by atoms with E-state index in [4.69, 9.17) is 5.73 Å². The summed E-state index contributed by atoms with van der Waals surface area (Å²) in [5.41, 5.74) is 7.21. The number of rotatable bonds is 5. The molecule has 1 aromatic heterocycles. The maximum atomic E-state index is 5.61. The molecule has 3 N–H and O–H groups in total. The molecule has 3 nitrogen and oxygen atoms in total. The van der Waals surface area contributed by atoms with Gasteiger partial charge in [-0.2, -0.15) is 0 Å². The van der Waals surface area contributed by atoms with Gasteiger partial charge in [-0.25, -0.2) is 4.98 Å². The lowest BCUT2D eigenvalue weighted by Crippen LogP contribution is -2.43. The molecule has 0 saturated heterocycles. The van der Waals surface area contributed by atoms with Crippen molar-refractivity contribution in [2.45, 2.75) is 53.0 Å². The van der Waals surface area contributed by atoms with E-state index in [9.17, 15) is 0 Å². The smallest absolute Gasteiger partial charge is 0.180 e. The quantitative estimate of drug-likeness (QED) is 0.850. The first-order valence-electron chi connectivity index (χ1n) is 6.13. The van der Waals surface area contributed by atoms with E-state index < -0.39 is 0 Å². The molecule has 0 spiro atoms. The van der Waals surface area contributed by atoms with E-state index in [-0.39, 0.29) is 5.54 Å². The summed E-state index contributed by atoms with van der Waals surface area (Å²) < 4.78 is 0. The minimum absolute atomic E-state index is 0.166. The summed E-state index contributed by atoms with van der Waals surface area (Å²) in [4.78, 5) is 4.26. The van der Waals surface area contributed by atoms with Gasteiger partial charge in [0.25, 0.3) is 0 Å². The zero-order valence-corrected chi connectivity index (χ0v) is 12.4. The van der Waals surface area contributed by atoms with Crippen molar-refractivity contribution in [1.82, 2.24) is 10.3 Å². The highest BCUT2D eigenvalue weighted by Crippen LogP contribution is 2.26. The van der Waals surface area contributed by atoms with Crippen LogP contribution in [0.25, 0.3) is 0 Å². The summed E-state index contributed by atoms with van der Waals surface area (Å²) in [7, 11) is 0. The molecule has 0 aliphatic heterocycles. The minimum Gasteiger partial charge on any atom is -0.375 e. The van der Waals surface area contributed by atoms with E-state index in [0.29, 0.717) is 10.5 Å². The van der Waals surface area contributed by atoms with Crippen LogP contribution < -0.4 is 11.1 Å². The average molecular weight is 255 g/mol. The van der Waals surface area contributed by atoms with Gasteiger partial charge >= 0.3 is 0 Å². The maximum absolute atomic E-state index is 5.61. The number of anilines is 1. The Balaban J connectivity index is 2.35. The lowest BCUT2D eigenvalue weighted by molar-refractivity contribution is 0.243. The van der Waals surface area contributed by atoms with Crippen molar-refractivity contribution in [3.8, 4) is 0 Å². The molecule has 0 radical (unpaired) electrons. The second-order valence-corrected chi connectivity index (χ2v) is 7.36. The summed E-state index contributed by atoms with van der Waals surface area (Å²) in [6, 6.07) is 0. The molecule has 0 amide bonds. The molecular formula is C13H25N3S. The molecule has 17 heavy (non-hydrogen) atoms. The Labute approximate surface area is 109 Å². The van der Waals surface area contributed by atoms with Crippen LogP contribution in [0.1, 0.15) is 46.7 Å². The van der Waals surface area contributed by atoms with Gasteiger partial charge in [-0.3, -0.25) is 0 Å². The Morgan fingerprint density at radius 2 is 1.94 bits per heavy atom. The first-order chi connectivity index (χ1) is 7.68. The van der Waals surface area contributed by atoms with Crippen molar-refractivity contribution in [3.63, 3.8) is 0 Å². The van der Waals surface area contributed by atoms with Crippen molar-refractivity contribution in [2.75, 3.05) is 12.3 Å². The number of nitrogens with two attached hydrogens (primary N) is 1. The lowest BCUT2D eigenvalue weighted by atomic mass is 9.82. The van der Waals surface area contributed by atoms with Crippen LogP contribution in [0.4, 0.5) is 5.13 Å². The third-order valence-electron chi connectivity index (χ3n) is 2.53. The number of nitrogens with zero attached hydrogens (tertiary/aromatic N) is 1. The molecule has 98 valence electrons. The molecule has 0 unspecified atom stereocenters. The monoisotopic (exact) mass is 255 g/mol. The Hall–Kier alpha value is -0.610. The standard InChI is InChI=1S/C13H25N3S/c1-12(2,3)9-13(4,5)15-7-6-10-8-17-11(14)16-10/h8,15H,6-7,9H2,1-5H3,(H2,14,16). The summed E-state index contributed by atoms with van der Waals surface area (Å²) >= 11 is 1.51. The number of nitrogens with one attached hydrogen (secondary N) is 1. The molecule has 0 bridgehead atoms. The van der Waals surface area contributed by atoms with Crippen LogP contribution in [0.3, 0.4) is 0 Å². The van der Waals surface area contributed by atoms with Gasteiger partial charge in [0.15, 0.2) is 5.13 Å². The zero-order valence-electron chi connectivity index (χ0n) is 11.6. The second kappa shape index (κ2) is 5.36. The molecule has 1 rings (SSSR count). The molecule has 0 aliphatic rings. The highest BCUT2D eigenvalue weighted by Gasteiger charge is 2.24. The number of thiazole rings is 1. The fourth-order valence-corrected chi connectivity index (χ4v) is 2.95. The van der Waals surface area contributed by atoms with Gasteiger partial charge in [0, 0.05) is 23.9 Å². The SMILES string of the molecule is CC(C)(C)CC(C)(C)NCCc1csc(N)n1. The number of hydrogen-bond acceptors (Lipinski definition) is 4. The topological polar surface area (TPSA) is 50.9 Å². The fourth-order valence-electron chi connectivity index (χ4n) is 2.35. The summed E-state index contributed by atoms with van der Waals surface area (Å²) in [6.07, 6.45) is 2.10. The largest absolute Gasteiger partial charge is 0.375 e. The molecule has 0 aliphatic carbocycles. The van der Waals surface area contributed by atoms with Gasteiger partial charge in [-0.15, -0.1) is 11.3 Å². The minimum atomic E-state index is 0.166. The van der Waals surface area contributed by atoms with Gasteiger partial charge in [0.2, 0.25) is 0 Å². The Kier molecular flexibility index (Phi) is 4.55. The average Bonchev–Trinajstić information content (AvgIpc) is 2.46. The van der Waals surface area contributed by atoms with E-state index in [1.165, 1.54) is 11.3 Å². The molecule has 0 atom stereocenters. The third-order valence-corrected chi connectivity index (χ3v) is 3.25. The normalized spacial score (nSPS) is 13.0. The first-order valence-corrected chi connectivity index (χ1v) is 7.01. The van der Waals surface area contributed by atoms with E-state index in [2.05, 4.69) is 44.9 Å². The van der Waals surface area contributed by atoms with Crippen LogP contribution in [0.15, 0.2) is 5.38 Å². The van der Waals surface area contributed by atoms with E-state index in [0.717, 1.165) is 25.1 Å². The highest BCUT2D eigenvalue weighted by atomic mass is 32.1. The second-order valence-electron chi connectivity index (χ2n) is 6.48. The van der Waals surface area contributed by atoms with Crippen LogP contribution in [0, 0.1) is 5.41 Å². The zero-order chi connectivity index (χ0) is 13.1. The predicted octanol–water partition coefficient (Wildman–Crippen LogP) is 3.07. The van der Waals surface area contributed by atoms with Gasteiger partial charge in [-0.1, -0.05) is 20.8 Å². The molecule has 4 heteroatoms. The van der Waals surface area contributed by atoms with E-state index in [1.807, 2.05) is 5.38 Å².